The maximum Gasteiger partial charge on any atom is 0.200 e. The molecule has 4 nitrogen and oxygen atoms in total. The van der Waals surface area contributed by atoms with Gasteiger partial charge in [0.15, 0.2) is 5.78 Å². The van der Waals surface area contributed by atoms with Gasteiger partial charge in [0, 0.05) is 18.5 Å². The molecule has 7 heteroatoms. The zero-order chi connectivity index (χ0) is 16.7. The summed E-state index contributed by atoms with van der Waals surface area (Å²) in [6.07, 6.45) is 3.45. The summed E-state index contributed by atoms with van der Waals surface area (Å²) >= 11 is 17.7. The summed E-state index contributed by atoms with van der Waals surface area (Å²) in [6, 6.07) is 3.27. The van der Waals surface area contributed by atoms with E-state index in [0.717, 1.165) is 12.8 Å². The number of anilines is 1. The van der Waals surface area contributed by atoms with E-state index in [4.69, 9.17) is 39.9 Å². The third-order valence-corrected chi connectivity index (χ3v) is 5.00. The number of nitrogens with zero attached hydrogens (tertiary/aromatic N) is 2. The first kappa shape index (κ1) is 16.4. The van der Waals surface area contributed by atoms with Gasteiger partial charge in [-0.25, -0.2) is 0 Å². The molecule has 1 heterocycles. The Kier molecular flexibility index (Phi) is 4.45. The molecule has 1 aliphatic carbocycles. The van der Waals surface area contributed by atoms with Gasteiger partial charge in [0.2, 0.25) is 0 Å². The number of ketones is 1. The molecule has 0 atom stereocenters. The van der Waals surface area contributed by atoms with E-state index < -0.39 is 0 Å². The molecule has 1 fully saturated rings. The lowest BCUT2D eigenvalue weighted by Gasteiger charge is -2.22. The maximum absolute atomic E-state index is 13.0. The van der Waals surface area contributed by atoms with Crippen molar-refractivity contribution in [2.45, 2.75) is 25.7 Å². The maximum atomic E-state index is 13.0. The third kappa shape index (κ3) is 3.01. The highest BCUT2D eigenvalue weighted by atomic mass is 35.5. The van der Waals surface area contributed by atoms with Gasteiger partial charge < -0.3 is 9.42 Å². The highest BCUT2D eigenvalue weighted by Gasteiger charge is 2.33. The molecule has 3 rings (SSSR count). The van der Waals surface area contributed by atoms with Crippen molar-refractivity contribution < 1.29 is 9.32 Å². The van der Waals surface area contributed by atoms with Gasteiger partial charge in [-0.3, -0.25) is 4.79 Å². The highest BCUT2D eigenvalue weighted by molar-refractivity contribution is 7.80. The molecule has 1 saturated carbocycles. The molecule has 0 aliphatic heterocycles. The molecule has 23 heavy (non-hydrogen) atoms. The third-order valence-electron chi connectivity index (χ3n) is 3.93. The van der Waals surface area contributed by atoms with Gasteiger partial charge in [-0.1, -0.05) is 40.6 Å². The number of thiocarbonyl (C=S) groups is 1. The highest BCUT2D eigenvalue weighted by Crippen LogP contribution is 2.42. The number of hydrogen-bond acceptors (Lipinski definition) is 4. The Morgan fingerprint density at radius 1 is 1.35 bits per heavy atom. The average molecular weight is 369 g/mol. The second kappa shape index (κ2) is 6.23. The number of carbonyl (C=O) groups excluding carboxylic acids is 1. The monoisotopic (exact) mass is 368 g/mol. The van der Waals surface area contributed by atoms with Crippen molar-refractivity contribution in [2.75, 3.05) is 11.9 Å². The van der Waals surface area contributed by atoms with E-state index in [2.05, 4.69) is 5.16 Å². The molecular weight excluding hydrogens is 355 g/mol. The number of benzene rings is 1. The van der Waals surface area contributed by atoms with Crippen LogP contribution in [0, 0.1) is 0 Å². The average Bonchev–Trinajstić information content (AvgIpc) is 3.25. The minimum atomic E-state index is -0.190. The number of hydrogen-bond donors (Lipinski definition) is 0. The van der Waals surface area contributed by atoms with E-state index in [-0.39, 0.29) is 5.78 Å². The molecule has 2 aromatic rings. The second-order valence-corrected chi connectivity index (χ2v) is 6.93. The normalized spacial score (nSPS) is 13.9. The number of carbonyl (C=O) groups is 1. The fourth-order valence-electron chi connectivity index (χ4n) is 2.42. The number of aromatic nitrogens is 1. The van der Waals surface area contributed by atoms with Crippen LogP contribution in [0.5, 0.6) is 0 Å². The van der Waals surface area contributed by atoms with E-state index in [1.807, 2.05) is 0 Å². The molecule has 0 saturated heterocycles. The van der Waals surface area contributed by atoms with Crippen LogP contribution in [0.2, 0.25) is 10.0 Å². The molecular formula is C16H14Cl2N2O2S. The minimum Gasteiger partial charge on any atom is -0.364 e. The van der Waals surface area contributed by atoms with E-state index in [1.165, 1.54) is 6.26 Å². The second-order valence-electron chi connectivity index (χ2n) is 5.55. The predicted molar refractivity (Wildman–Crippen MR) is 95.0 cm³/mol. The molecule has 1 aliphatic rings. The van der Waals surface area contributed by atoms with Crippen LogP contribution in [0.25, 0.3) is 0 Å². The molecule has 0 amide bonds. The predicted octanol–water partition coefficient (Wildman–Crippen LogP) is 4.87. The minimum absolute atomic E-state index is 0.190. The Hall–Kier alpha value is -1.43. The van der Waals surface area contributed by atoms with Crippen molar-refractivity contribution >= 4 is 51.9 Å². The lowest BCUT2D eigenvalue weighted by atomic mass is 10.00. The van der Waals surface area contributed by atoms with Gasteiger partial charge in [0.05, 0.1) is 32.0 Å². The van der Waals surface area contributed by atoms with Crippen LogP contribution in [0.4, 0.5) is 5.69 Å². The molecule has 120 valence electrons. The van der Waals surface area contributed by atoms with Crippen LogP contribution in [-0.2, 0) is 0 Å². The summed E-state index contributed by atoms with van der Waals surface area (Å²) in [5, 5.41) is 4.65. The first-order chi connectivity index (χ1) is 10.9. The lowest BCUT2D eigenvalue weighted by molar-refractivity contribution is 0.103. The largest absolute Gasteiger partial charge is 0.364 e. The van der Waals surface area contributed by atoms with Crippen molar-refractivity contribution in [3.63, 3.8) is 0 Å². The molecule has 0 unspecified atom stereocenters. The topological polar surface area (TPSA) is 46.3 Å². The van der Waals surface area contributed by atoms with Crippen LogP contribution >= 0.6 is 35.4 Å². The molecule has 0 spiro atoms. The van der Waals surface area contributed by atoms with Crippen molar-refractivity contribution in [3.8, 4) is 0 Å². The van der Waals surface area contributed by atoms with Crippen LogP contribution in [0.15, 0.2) is 22.9 Å². The lowest BCUT2D eigenvalue weighted by Crippen LogP contribution is -2.24. The summed E-state index contributed by atoms with van der Waals surface area (Å²) < 4.78 is 5.02. The molecule has 0 radical (unpaired) electrons. The SMILES string of the molecule is CC(=S)N(C)c1c(C(=O)c2conc2C2CC2)ccc(Cl)c1Cl. The van der Waals surface area contributed by atoms with Crippen molar-refractivity contribution in [3.05, 3.63) is 45.3 Å². The molecule has 0 bridgehead atoms. The van der Waals surface area contributed by atoms with Gasteiger partial charge in [0.1, 0.15) is 6.26 Å². The van der Waals surface area contributed by atoms with Crippen LogP contribution < -0.4 is 4.90 Å². The Morgan fingerprint density at radius 3 is 2.65 bits per heavy atom. The summed E-state index contributed by atoms with van der Waals surface area (Å²) in [7, 11) is 1.76. The standard InChI is InChI=1S/C16H14Cl2N2O2S/c1-8(23)20(2)15-10(5-6-12(17)13(15)18)16(21)11-7-22-19-14(11)9-3-4-9/h5-7,9H,3-4H2,1-2H3. The van der Waals surface area contributed by atoms with Gasteiger partial charge in [0.25, 0.3) is 0 Å². The van der Waals surface area contributed by atoms with Gasteiger partial charge in [-0.05, 0) is 31.9 Å². The Morgan fingerprint density at radius 2 is 2.04 bits per heavy atom. The zero-order valence-corrected chi connectivity index (χ0v) is 14.9. The van der Waals surface area contributed by atoms with Crippen LogP contribution in [0.3, 0.4) is 0 Å². The smallest absolute Gasteiger partial charge is 0.200 e. The number of rotatable bonds is 4. The first-order valence-electron chi connectivity index (χ1n) is 7.13. The van der Waals surface area contributed by atoms with E-state index in [9.17, 15) is 4.79 Å². The zero-order valence-electron chi connectivity index (χ0n) is 12.6. The first-order valence-corrected chi connectivity index (χ1v) is 8.29. The van der Waals surface area contributed by atoms with Crippen molar-refractivity contribution in [2.24, 2.45) is 0 Å². The summed E-state index contributed by atoms with van der Waals surface area (Å²) in [5.74, 6) is 0.119. The molecule has 1 aromatic carbocycles. The Bertz CT molecular complexity index is 799. The Labute approximate surface area is 149 Å². The summed E-state index contributed by atoms with van der Waals surface area (Å²) in [4.78, 5) is 15.3. The summed E-state index contributed by atoms with van der Waals surface area (Å²) in [6.45, 7) is 1.76. The van der Waals surface area contributed by atoms with Crippen molar-refractivity contribution in [1.82, 2.24) is 5.16 Å². The van der Waals surface area contributed by atoms with Gasteiger partial charge >= 0.3 is 0 Å². The van der Waals surface area contributed by atoms with E-state index in [0.29, 0.717) is 43.5 Å². The summed E-state index contributed by atoms with van der Waals surface area (Å²) in [5.41, 5.74) is 2.12. The van der Waals surface area contributed by atoms with E-state index in [1.54, 1.807) is 31.0 Å². The van der Waals surface area contributed by atoms with E-state index >= 15 is 0 Å². The Balaban J connectivity index is 2.12. The van der Waals surface area contributed by atoms with Crippen LogP contribution in [-0.4, -0.2) is 23.0 Å². The fraction of sp³-hybridized carbons (Fsp3) is 0.312. The number of halogens is 2. The molecule has 1 aromatic heterocycles. The van der Waals surface area contributed by atoms with Gasteiger partial charge in [-0.2, -0.15) is 0 Å². The van der Waals surface area contributed by atoms with Gasteiger partial charge in [-0.15, -0.1) is 0 Å². The molecule has 0 N–H and O–H groups in total. The quantitative estimate of drug-likeness (QED) is 0.568. The van der Waals surface area contributed by atoms with Crippen molar-refractivity contribution in [1.29, 1.82) is 0 Å². The fourth-order valence-corrected chi connectivity index (χ4v) is 2.96. The van der Waals surface area contributed by atoms with Crippen LogP contribution in [0.1, 0.15) is 47.3 Å².